The van der Waals surface area contributed by atoms with E-state index in [1.165, 1.54) is 36.5 Å². The fourth-order valence-electron chi connectivity index (χ4n) is 9.23. The maximum absolute atomic E-state index is 16.1. The number of nitrogens with zero attached hydrogens (tertiary/aromatic N) is 6. The van der Waals surface area contributed by atoms with Gasteiger partial charge in [0.05, 0.1) is 23.5 Å². The van der Waals surface area contributed by atoms with Gasteiger partial charge in [-0.1, -0.05) is 24.8 Å². The van der Waals surface area contributed by atoms with Gasteiger partial charge in [-0.2, -0.15) is 4.99 Å². The van der Waals surface area contributed by atoms with Crippen LogP contribution in [0.1, 0.15) is 61.1 Å². The molecule has 42 heavy (non-hydrogen) atoms. The Morgan fingerprint density at radius 3 is 2.86 bits per heavy atom. The normalized spacial score (nSPS) is 35.1. The Kier molecular flexibility index (Phi) is 5.45. The molecule has 0 radical (unpaired) electrons. The molecule has 218 valence electrons. The predicted molar refractivity (Wildman–Crippen MR) is 158 cm³/mol. The molecule has 8 nitrogen and oxygen atoms in total. The molecule has 5 fully saturated rings. The van der Waals surface area contributed by atoms with Crippen molar-refractivity contribution in [3.8, 4) is 0 Å². The highest BCUT2D eigenvalue weighted by molar-refractivity contribution is 6.14. The fourth-order valence-corrected chi connectivity index (χ4v) is 9.23. The van der Waals surface area contributed by atoms with E-state index in [0.29, 0.717) is 43.3 Å². The van der Waals surface area contributed by atoms with Gasteiger partial charge in [-0.15, -0.1) is 0 Å². The van der Waals surface area contributed by atoms with E-state index in [0.717, 1.165) is 50.2 Å². The van der Waals surface area contributed by atoms with Crippen molar-refractivity contribution in [3.05, 3.63) is 59.4 Å². The zero-order valence-electron chi connectivity index (χ0n) is 23.9. The number of hydrogen-bond donors (Lipinski definition) is 0. The summed E-state index contributed by atoms with van der Waals surface area (Å²) in [6.45, 7) is 7.88. The first kappa shape index (κ1) is 25.2. The van der Waals surface area contributed by atoms with Crippen LogP contribution in [0.3, 0.4) is 0 Å². The van der Waals surface area contributed by atoms with Crippen molar-refractivity contribution in [2.75, 3.05) is 32.8 Å². The van der Waals surface area contributed by atoms with Gasteiger partial charge in [-0.3, -0.25) is 14.7 Å². The van der Waals surface area contributed by atoms with Crippen LogP contribution in [-0.4, -0.2) is 94.8 Å². The highest BCUT2D eigenvalue weighted by Gasteiger charge is 2.53. The molecule has 0 spiro atoms. The van der Waals surface area contributed by atoms with E-state index < -0.39 is 12.1 Å². The summed E-state index contributed by atoms with van der Waals surface area (Å²) in [5, 5.41) is 0. The SMILES string of the molecule is C=CC(=O)N1CC[C@@H]2[C@H]1CN2C1=NC(OCC23CCCN2CCC3)=NC2N=C(c3cccc4c3C3CC3C4)C(F)=CC12. The molecule has 1 aromatic rings. The van der Waals surface area contributed by atoms with E-state index in [1.54, 1.807) is 6.08 Å². The molecule has 6 atom stereocenters. The summed E-state index contributed by atoms with van der Waals surface area (Å²) >= 11 is 0. The molecule has 4 saturated heterocycles. The molecule has 2 aliphatic carbocycles. The van der Waals surface area contributed by atoms with Gasteiger partial charge in [0.1, 0.15) is 24.0 Å². The number of amidine groups is 2. The van der Waals surface area contributed by atoms with Crippen molar-refractivity contribution >= 4 is 23.5 Å². The average Bonchev–Trinajstić information content (AvgIpc) is 3.28. The number of likely N-dealkylation sites (tertiary alicyclic amines) is 2. The molecule has 1 aromatic carbocycles. The lowest BCUT2D eigenvalue weighted by atomic mass is 9.89. The van der Waals surface area contributed by atoms with Crippen LogP contribution in [0.2, 0.25) is 0 Å². The van der Waals surface area contributed by atoms with Crippen LogP contribution in [-0.2, 0) is 16.0 Å². The minimum absolute atomic E-state index is 0.0284. The Balaban J connectivity index is 1.05. The molecule has 9 rings (SSSR count). The van der Waals surface area contributed by atoms with Gasteiger partial charge >= 0.3 is 6.02 Å². The second kappa shape index (κ2) is 9.09. The van der Waals surface area contributed by atoms with Crippen molar-refractivity contribution in [3.63, 3.8) is 0 Å². The number of ether oxygens (including phenoxy) is 1. The summed E-state index contributed by atoms with van der Waals surface area (Å²) in [5.74, 6) is 1.30. The number of dihydropyridines is 1. The summed E-state index contributed by atoms with van der Waals surface area (Å²) in [6.07, 6.45) is 10.4. The van der Waals surface area contributed by atoms with Gasteiger partial charge in [-0.05, 0) is 93.2 Å². The van der Waals surface area contributed by atoms with E-state index in [4.69, 9.17) is 19.7 Å². The Hall–Kier alpha value is -3.33. The molecule has 0 aromatic heterocycles. The number of benzene rings is 1. The molecule has 8 aliphatic rings. The highest BCUT2D eigenvalue weighted by Crippen LogP contribution is 2.57. The van der Waals surface area contributed by atoms with Gasteiger partial charge in [0.25, 0.3) is 0 Å². The molecule has 0 N–H and O–H groups in total. The third kappa shape index (κ3) is 3.61. The number of amides is 1. The zero-order valence-corrected chi connectivity index (χ0v) is 23.9. The lowest BCUT2D eigenvalue weighted by molar-refractivity contribution is -0.129. The Morgan fingerprint density at radius 1 is 1.17 bits per heavy atom. The summed E-state index contributed by atoms with van der Waals surface area (Å²) in [7, 11) is 0. The van der Waals surface area contributed by atoms with Crippen molar-refractivity contribution in [1.82, 2.24) is 14.7 Å². The minimum Gasteiger partial charge on any atom is -0.462 e. The van der Waals surface area contributed by atoms with Crippen molar-refractivity contribution < 1.29 is 13.9 Å². The standard InChI is InChI=1S/C33H37FN6O2/c1-2-27(41)39-13-8-25-26(39)17-40(25)31-23-16-24(34)29(21-7-3-6-19-14-20-15-22(20)28(19)21)35-30(23)36-32(37-31)42-18-33-9-4-11-38(33)12-5-10-33/h2-3,6-7,16,20,22-23,25-26,30H,1,4-5,8-15,17-18H2/t20?,22?,23?,25-,26-,30?/m1/s1. The van der Waals surface area contributed by atoms with E-state index >= 15 is 4.39 Å². The smallest absolute Gasteiger partial charge is 0.315 e. The number of carbonyl (C=O) groups is 1. The van der Waals surface area contributed by atoms with Crippen LogP contribution in [0, 0.1) is 11.8 Å². The third-order valence-corrected chi connectivity index (χ3v) is 11.4. The van der Waals surface area contributed by atoms with Crippen molar-refractivity contribution in [1.29, 1.82) is 0 Å². The summed E-state index contributed by atoms with van der Waals surface area (Å²) in [6, 6.07) is 6.89. The molecule has 1 saturated carbocycles. The van der Waals surface area contributed by atoms with Gasteiger partial charge in [-0.25, -0.2) is 9.38 Å². The van der Waals surface area contributed by atoms with E-state index in [2.05, 4.69) is 22.4 Å². The topological polar surface area (TPSA) is 73.1 Å². The number of rotatable bonds is 4. The molecular formula is C33H37FN6O2. The predicted octanol–water partition coefficient (Wildman–Crippen LogP) is 3.83. The number of halogens is 1. The van der Waals surface area contributed by atoms with Crippen LogP contribution < -0.4 is 0 Å². The second-order valence-corrected chi connectivity index (χ2v) is 13.5. The molecular weight excluding hydrogens is 531 g/mol. The fraction of sp³-hybridized carbons (Fsp3) is 0.576. The lowest BCUT2D eigenvalue weighted by Gasteiger charge is -2.50. The van der Waals surface area contributed by atoms with Gasteiger partial charge in [0.2, 0.25) is 5.91 Å². The molecule has 4 unspecified atom stereocenters. The maximum atomic E-state index is 16.1. The van der Waals surface area contributed by atoms with Crippen LogP contribution in [0.5, 0.6) is 0 Å². The largest absolute Gasteiger partial charge is 0.462 e. The Morgan fingerprint density at radius 2 is 2.02 bits per heavy atom. The molecule has 0 bridgehead atoms. The zero-order chi connectivity index (χ0) is 28.2. The summed E-state index contributed by atoms with van der Waals surface area (Å²) < 4.78 is 22.5. The maximum Gasteiger partial charge on any atom is 0.315 e. The second-order valence-electron chi connectivity index (χ2n) is 13.5. The van der Waals surface area contributed by atoms with Crippen molar-refractivity contribution in [2.45, 2.75) is 74.7 Å². The highest BCUT2D eigenvalue weighted by atomic mass is 19.1. The number of hydrogen-bond acceptors (Lipinski definition) is 7. The molecule has 6 heterocycles. The van der Waals surface area contributed by atoms with Crippen LogP contribution in [0.25, 0.3) is 0 Å². The first-order chi connectivity index (χ1) is 20.5. The molecule has 9 heteroatoms. The number of carbonyl (C=O) groups excluding carboxylic acids is 1. The first-order valence-corrected chi connectivity index (χ1v) is 15.8. The van der Waals surface area contributed by atoms with Crippen LogP contribution in [0.15, 0.2) is 57.7 Å². The third-order valence-electron chi connectivity index (χ3n) is 11.4. The number of allylic oxidation sites excluding steroid dienone is 1. The van der Waals surface area contributed by atoms with Gasteiger partial charge < -0.3 is 14.5 Å². The Labute approximate surface area is 245 Å². The van der Waals surface area contributed by atoms with E-state index in [1.807, 2.05) is 17.0 Å². The average molecular weight is 569 g/mol. The Bertz CT molecular complexity index is 1500. The van der Waals surface area contributed by atoms with Crippen LogP contribution in [0.4, 0.5) is 4.39 Å². The van der Waals surface area contributed by atoms with Crippen LogP contribution >= 0.6 is 0 Å². The summed E-state index contributed by atoms with van der Waals surface area (Å²) in [4.78, 5) is 34.1. The molecule has 1 amide bonds. The van der Waals surface area contributed by atoms with E-state index in [9.17, 15) is 4.79 Å². The monoisotopic (exact) mass is 568 g/mol. The lowest BCUT2D eigenvalue weighted by Crippen LogP contribution is -2.66. The minimum atomic E-state index is -0.526. The summed E-state index contributed by atoms with van der Waals surface area (Å²) in [5.41, 5.74) is 4.06. The van der Waals surface area contributed by atoms with Crippen molar-refractivity contribution in [2.24, 2.45) is 26.8 Å². The van der Waals surface area contributed by atoms with Gasteiger partial charge in [0.15, 0.2) is 6.17 Å². The quantitative estimate of drug-likeness (QED) is 0.518. The van der Waals surface area contributed by atoms with E-state index in [-0.39, 0.29) is 29.4 Å². The first-order valence-electron chi connectivity index (χ1n) is 15.8. The molecule has 6 aliphatic heterocycles. The van der Waals surface area contributed by atoms with Gasteiger partial charge in [0, 0.05) is 18.7 Å². The number of fused-ring (bicyclic) bond motifs is 6. The number of aliphatic imine (C=N–C) groups is 3.